The Kier molecular flexibility index (Phi) is 5.37. The Balaban J connectivity index is 1.82. The average Bonchev–Trinajstić information content (AvgIpc) is 2.91. The van der Waals surface area contributed by atoms with Gasteiger partial charge in [-0.05, 0) is 55.7 Å². The van der Waals surface area contributed by atoms with Crippen molar-refractivity contribution >= 4 is 11.5 Å². The van der Waals surface area contributed by atoms with Crippen LogP contribution in [0.2, 0.25) is 0 Å². The monoisotopic (exact) mass is 397 g/mol. The summed E-state index contributed by atoms with van der Waals surface area (Å²) >= 11 is 0. The molecule has 1 atom stereocenters. The molecule has 2 heterocycles. The zero-order valence-corrected chi connectivity index (χ0v) is 17.4. The van der Waals surface area contributed by atoms with Gasteiger partial charge in [-0.1, -0.05) is 0 Å². The number of hydrogen-bond donors (Lipinski definition) is 1. The number of benzene rings is 2. The Morgan fingerprint density at radius 1 is 0.897 bits per heavy atom. The minimum absolute atomic E-state index is 0.429. The molecule has 2 aliphatic heterocycles. The van der Waals surface area contributed by atoms with Gasteiger partial charge in [0.05, 0.1) is 27.9 Å². The summed E-state index contributed by atoms with van der Waals surface area (Å²) in [5, 5.41) is 11.9. The molecule has 6 nitrogen and oxygen atoms in total. The highest BCUT2D eigenvalue weighted by Crippen LogP contribution is 2.40. The Bertz CT molecular complexity index is 910. The lowest BCUT2D eigenvalue weighted by Crippen LogP contribution is -2.41. The van der Waals surface area contributed by atoms with E-state index in [-0.39, 0.29) is 0 Å². The summed E-state index contributed by atoms with van der Waals surface area (Å²) in [5.74, 6) is 3.44. The predicted molar refractivity (Wildman–Crippen MR) is 112 cm³/mol. The lowest BCUT2D eigenvalue weighted by atomic mass is 10.0. The van der Waals surface area contributed by atoms with Gasteiger partial charge in [0.25, 0.3) is 11.6 Å². The molecule has 0 saturated heterocycles. The standard InChI is InChI=1S/C23H29N2O4/c1-27-18-10-8-17(9-11-18)23(26)16-24(22-7-5-4-6-14-25(22)23)20-15-19(28-2)12-13-21(20)29-3/h8-13,15,26H,4-7,14,16H2,1-3H3/q+1/t23-/m1/s1. The minimum Gasteiger partial charge on any atom is -0.497 e. The summed E-state index contributed by atoms with van der Waals surface area (Å²) in [6, 6.07) is 13.5. The molecular weight excluding hydrogens is 368 g/mol. The van der Waals surface area contributed by atoms with E-state index in [1.165, 1.54) is 0 Å². The van der Waals surface area contributed by atoms with Crippen LogP contribution in [0.25, 0.3) is 0 Å². The van der Waals surface area contributed by atoms with Gasteiger partial charge >= 0.3 is 0 Å². The highest BCUT2D eigenvalue weighted by Gasteiger charge is 2.52. The van der Waals surface area contributed by atoms with Crippen LogP contribution in [0, 0.1) is 0 Å². The van der Waals surface area contributed by atoms with Crippen molar-refractivity contribution in [3.8, 4) is 17.2 Å². The van der Waals surface area contributed by atoms with E-state index in [0.29, 0.717) is 6.54 Å². The van der Waals surface area contributed by atoms with Crippen LogP contribution in [0.1, 0.15) is 31.2 Å². The molecule has 0 radical (unpaired) electrons. The number of anilines is 1. The van der Waals surface area contributed by atoms with Gasteiger partial charge in [0.15, 0.2) is 18.0 Å². The fourth-order valence-corrected chi connectivity index (χ4v) is 4.41. The number of methoxy groups -OCH3 is 3. The molecule has 0 unspecified atom stereocenters. The molecule has 0 fully saturated rings. The number of aliphatic hydroxyl groups is 1. The SMILES string of the molecule is COc1ccc([C@]2(O)CN(c3cc(OC)ccc3OC)C3=[N+]2CCCCC3)cc1. The molecule has 2 aliphatic rings. The van der Waals surface area contributed by atoms with Crippen LogP contribution < -0.4 is 19.1 Å². The molecule has 0 saturated carbocycles. The van der Waals surface area contributed by atoms with Crippen LogP contribution in [0.15, 0.2) is 42.5 Å². The topological polar surface area (TPSA) is 54.2 Å². The van der Waals surface area contributed by atoms with Gasteiger partial charge in [0.1, 0.15) is 11.5 Å². The van der Waals surface area contributed by atoms with E-state index in [1.807, 2.05) is 42.5 Å². The van der Waals surface area contributed by atoms with Crippen LogP contribution in [-0.2, 0) is 5.72 Å². The maximum Gasteiger partial charge on any atom is 0.271 e. The van der Waals surface area contributed by atoms with E-state index in [2.05, 4.69) is 9.48 Å². The van der Waals surface area contributed by atoms with Crippen molar-refractivity contribution in [2.24, 2.45) is 0 Å². The van der Waals surface area contributed by atoms with Gasteiger partial charge in [-0.25, -0.2) is 9.48 Å². The maximum atomic E-state index is 11.9. The molecule has 29 heavy (non-hydrogen) atoms. The average molecular weight is 397 g/mol. The Morgan fingerprint density at radius 2 is 1.62 bits per heavy atom. The van der Waals surface area contributed by atoms with Crippen LogP contribution >= 0.6 is 0 Å². The second-order valence-corrected chi connectivity index (χ2v) is 7.55. The molecule has 1 N–H and O–H groups in total. The van der Waals surface area contributed by atoms with E-state index in [9.17, 15) is 5.11 Å². The van der Waals surface area contributed by atoms with Crippen LogP contribution in [0.5, 0.6) is 17.2 Å². The first-order chi connectivity index (χ1) is 14.1. The molecule has 2 aromatic carbocycles. The van der Waals surface area contributed by atoms with E-state index in [1.54, 1.807) is 21.3 Å². The van der Waals surface area contributed by atoms with Crippen molar-refractivity contribution in [2.45, 2.75) is 31.4 Å². The van der Waals surface area contributed by atoms with Gasteiger partial charge in [0.2, 0.25) is 0 Å². The molecule has 0 aliphatic carbocycles. The number of nitrogens with zero attached hydrogens (tertiary/aromatic N) is 2. The number of amidine groups is 1. The van der Waals surface area contributed by atoms with E-state index >= 15 is 0 Å². The van der Waals surface area contributed by atoms with Gasteiger partial charge in [-0.2, -0.15) is 0 Å². The van der Waals surface area contributed by atoms with Crippen LogP contribution in [0.3, 0.4) is 0 Å². The fourth-order valence-electron chi connectivity index (χ4n) is 4.41. The summed E-state index contributed by atoms with van der Waals surface area (Å²) in [5.41, 5.74) is 0.667. The van der Waals surface area contributed by atoms with Crippen molar-refractivity contribution in [2.75, 3.05) is 39.3 Å². The number of hydrogen-bond acceptors (Lipinski definition) is 5. The second kappa shape index (κ2) is 7.95. The summed E-state index contributed by atoms with van der Waals surface area (Å²) < 4.78 is 18.6. The Labute approximate surface area is 171 Å². The zero-order chi connectivity index (χ0) is 20.4. The first-order valence-electron chi connectivity index (χ1n) is 10.1. The molecule has 2 aromatic rings. The van der Waals surface area contributed by atoms with Gasteiger partial charge < -0.3 is 19.3 Å². The van der Waals surface area contributed by atoms with Gasteiger partial charge in [-0.15, -0.1) is 0 Å². The van der Waals surface area contributed by atoms with Crippen molar-refractivity contribution in [3.05, 3.63) is 48.0 Å². The van der Waals surface area contributed by atoms with Crippen LogP contribution in [-0.4, -0.2) is 49.9 Å². The van der Waals surface area contributed by atoms with Gasteiger partial charge in [-0.3, -0.25) is 0 Å². The summed E-state index contributed by atoms with van der Waals surface area (Å²) in [6.45, 7) is 1.25. The van der Waals surface area contributed by atoms with Crippen molar-refractivity contribution in [1.29, 1.82) is 0 Å². The molecule has 6 heteroatoms. The molecule has 0 bridgehead atoms. The van der Waals surface area contributed by atoms with E-state index in [4.69, 9.17) is 14.2 Å². The van der Waals surface area contributed by atoms with E-state index in [0.717, 1.165) is 66.6 Å². The Hall–Kier alpha value is -2.73. The largest absolute Gasteiger partial charge is 0.497 e. The van der Waals surface area contributed by atoms with E-state index < -0.39 is 5.72 Å². The highest BCUT2D eigenvalue weighted by atomic mass is 16.5. The normalized spacial score (nSPS) is 21.6. The quantitative estimate of drug-likeness (QED) is 0.784. The van der Waals surface area contributed by atoms with Crippen LogP contribution in [0.4, 0.5) is 5.69 Å². The fraction of sp³-hybridized carbons (Fsp3) is 0.435. The lowest BCUT2D eigenvalue weighted by molar-refractivity contribution is -0.658. The summed E-state index contributed by atoms with van der Waals surface area (Å²) in [7, 11) is 4.98. The van der Waals surface area contributed by atoms with Crippen molar-refractivity contribution in [3.63, 3.8) is 0 Å². The second-order valence-electron chi connectivity index (χ2n) is 7.55. The first-order valence-corrected chi connectivity index (χ1v) is 10.1. The summed E-state index contributed by atoms with van der Waals surface area (Å²) in [6.07, 6.45) is 4.24. The molecule has 154 valence electrons. The molecule has 0 amide bonds. The third-order valence-corrected chi connectivity index (χ3v) is 5.96. The Morgan fingerprint density at radius 3 is 2.31 bits per heavy atom. The molecule has 4 rings (SSSR count). The third kappa shape index (κ3) is 3.42. The molecular formula is C23H29N2O4+. The molecule has 0 spiro atoms. The molecule has 0 aromatic heterocycles. The summed E-state index contributed by atoms with van der Waals surface area (Å²) in [4.78, 5) is 2.19. The van der Waals surface area contributed by atoms with Crippen molar-refractivity contribution in [1.82, 2.24) is 0 Å². The van der Waals surface area contributed by atoms with Gasteiger partial charge in [0, 0.05) is 18.1 Å². The lowest BCUT2D eigenvalue weighted by Gasteiger charge is -2.24. The zero-order valence-electron chi connectivity index (χ0n) is 17.4. The first kappa shape index (κ1) is 19.6. The highest BCUT2D eigenvalue weighted by molar-refractivity contribution is 5.97. The minimum atomic E-state index is -1.11. The number of β-amino-alcohol motifs (C(OH)–C–C–N with tert-alkyl or cyclic N) is 1. The smallest absolute Gasteiger partial charge is 0.271 e. The predicted octanol–water partition coefficient (Wildman–Crippen LogP) is 3.36. The maximum absolute atomic E-state index is 11.9. The number of ether oxygens (including phenoxy) is 3. The third-order valence-electron chi connectivity index (χ3n) is 5.96. The number of rotatable bonds is 5. The van der Waals surface area contributed by atoms with Crippen molar-refractivity contribution < 1.29 is 23.9 Å².